The molecule has 0 aromatic heterocycles. The minimum Gasteiger partial charge on any atom is -0.444 e. The molecule has 0 aliphatic carbocycles. The zero-order chi connectivity index (χ0) is 24.9. The third kappa shape index (κ3) is 6.82. The number of ether oxygens (including phenoxy) is 1. The molecule has 3 aromatic rings. The van der Waals surface area contributed by atoms with E-state index >= 15 is 0 Å². The quantitative estimate of drug-likeness (QED) is 0.436. The molecule has 3 aromatic carbocycles. The van der Waals surface area contributed by atoms with E-state index in [2.05, 4.69) is 15.4 Å². The molecule has 3 N–H and O–H groups in total. The summed E-state index contributed by atoms with van der Waals surface area (Å²) >= 11 is 0. The van der Waals surface area contributed by atoms with Gasteiger partial charge in [0.2, 0.25) is 0 Å². The van der Waals surface area contributed by atoms with E-state index in [-0.39, 0.29) is 10.8 Å². The van der Waals surface area contributed by atoms with Crippen LogP contribution in [0.1, 0.15) is 36.7 Å². The molecule has 0 atom stereocenters. The predicted octanol–water partition coefficient (Wildman–Crippen LogP) is 5.40. The number of amides is 2. The van der Waals surface area contributed by atoms with E-state index in [9.17, 15) is 18.0 Å². The second-order valence-corrected chi connectivity index (χ2v) is 10.3. The van der Waals surface area contributed by atoms with Gasteiger partial charge in [0.15, 0.2) is 0 Å². The summed E-state index contributed by atoms with van der Waals surface area (Å²) in [5.74, 6) is -0.385. The van der Waals surface area contributed by atoms with Crippen molar-refractivity contribution < 1.29 is 22.7 Å². The molecule has 0 radical (unpaired) electrons. The lowest BCUT2D eigenvalue weighted by molar-refractivity contribution is 0.0635. The van der Waals surface area contributed by atoms with Crippen molar-refractivity contribution in [2.24, 2.45) is 0 Å². The minimum absolute atomic E-state index is 0.143. The molecule has 0 fully saturated rings. The first-order valence-electron chi connectivity index (χ1n) is 10.5. The number of hydrogen-bond donors (Lipinski definition) is 3. The van der Waals surface area contributed by atoms with Gasteiger partial charge in [0.1, 0.15) is 5.60 Å². The van der Waals surface area contributed by atoms with Crippen LogP contribution in [0.25, 0.3) is 0 Å². The van der Waals surface area contributed by atoms with Crippen LogP contribution in [0, 0.1) is 6.92 Å². The van der Waals surface area contributed by atoms with Gasteiger partial charge in [-0.3, -0.25) is 14.8 Å². The maximum absolute atomic E-state index is 12.7. The van der Waals surface area contributed by atoms with Gasteiger partial charge in [-0.05, 0) is 81.8 Å². The number of rotatable bonds is 6. The fourth-order valence-electron chi connectivity index (χ4n) is 2.94. The van der Waals surface area contributed by atoms with Crippen LogP contribution in [0.5, 0.6) is 0 Å². The molecule has 9 heteroatoms. The van der Waals surface area contributed by atoms with Gasteiger partial charge in [0, 0.05) is 16.9 Å². The lowest BCUT2D eigenvalue weighted by atomic mass is 10.1. The van der Waals surface area contributed by atoms with Crippen molar-refractivity contribution in [1.29, 1.82) is 0 Å². The first-order chi connectivity index (χ1) is 15.9. The topological polar surface area (TPSA) is 114 Å². The van der Waals surface area contributed by atoms with Crippen LogP contribution >= 0.6 is 0 Å². The first-order valence-corrected chi connectivity index (χ1v) is 12.0. The van der Waals surface area contributed by atoms with Gasteiger partial charge < -0.3 is 10.1 Å². The molecule has 0 heterocycles. The smallest absolute Gasteiger partial charge is 0.412 e. The van der Waals surface area contributed by atoms with E-state index in [1.54, 1.807) is 88.4 Å². The highest BCUT2D eigenvalue weighted by atomic mass is 32.2. The van der Waals surface area contributed by atoms with Gasteiger partial charge in [-0.1, -0.05) is 24.3 Å². The van der Waals surface area contributed by atoms with Crippen LogP contribution in [0.4, 0.5) is 21.9 Å². The van der Waals surface area contributed by atoms with Crippen molar-refractivity contribution in [1.82, 2.24) is 0 Å². The second-order valence-electron chi connectivity index (χ2n) is 8.61. The Bertz CT molecular complexity index is 1280. The highest BCUT2D eigenvalue weighted by Gasteiger charge is 2.17. The van der Waals surface area contributed by atoms with Crippen LogP contribution in [-0.4, -0.2) is 26.0 Å². The van der Waals surface area contributed by atoms with Crippen molar-refractivity contribution >= 4 is 39.1 Å². The Hall–Kier alpha value is -3.85. The molecule has 2 amide bonds. The maximum Gasteiger partial charge on any atom is 0.412 e. The van der Waals surface area contributed by atoms with Crippen molar-refractivity contribution in [3.63, 3.8) is 0 Å². The molecule has 0 aliphatic heterocycles. The van der Waals surface area contributed by atoms with E-state index in [4.69, 9.17) is 4.74 Å². The van der Waals surface area contributed by atoms with Gasteiger partial charge in [0.25, 0.3) is 15.9 Å². The van der Waals surface area contributed by atoms with Crippen LogP contribution in [0.2, 0.25) is 0 Å². The summed E-state index contributed by atoms with van der Waals surface area (Å²) in [6, 6.07) is 19.3. The number of aryl methyl sites for hydroxylation is 1. The largest absolute Gasteiger partial charge is 0.444 e. The average Bonchev–Trinajstić information content (AvgIpc) is 2.75. The molecule has 0 saturated heterocycles. The van der Waals surface area contributed by atoms with Gasteiger partial charge in [-0.25, -0.2) is 13.2 Å². The van der Waals surface area contributed by atoms with E-state index in [0.29, 0.717) is 28.2 Å². The Balaban J connectivity index is 1.69. The number of carbonyl (C=O) groups is 2. The highest BCUT2D eigenvalue weighted by Crippen LogP contribution is 2.24. The molecule has 3 rings (SSSR count). The van der Waals surface area contributed by atoms with Crippen molar-refractivity contribution in [2.45, 2.75) is 38.2 Å². The van der Waals surface area contributed by atoms with Crippen LogP contribution in [0.3, 0.4) is 0 Å². The fraction of sp³-hybridized carbons (Fsp3) is 0.200. The fourth-order valence-corrected chi connectivity index (χ4v) is 4.09. The minimum atomic E-state index is -3.77. The maximum atomic E-state index is 12.7. The Morgan fingerprint density at radius 3 is 2.06 bits per heavy atom. The monoisotopic (exact) mass is 481 g/mol. The predicted molar refractivity (Wildman–Crippen MR) is 133 cm³/mol. The number of sulfonamides is 1. The second kappa shape index (κ2) is 9.96. The van der Waals surface area contributed by atoms with Gasteiger partial charge in [0.05, 0.1) is 10.6 Å². The van der Waals surface area contributed by atoms with Crippen molar-refractivity contribution in [3.8, 4) is 0 Å². The third-order valence-electron chi connectivity index (χ3n) is 4.59. The summed E-state index contributed by atoms with van der Waals surface area (Å²) in [7, 11) is -3.77. The summed E-state index contributed by atoms with van der Waals surface area (Å²) < 4.78 is 33.1. The molecule has 0 aliphatic rings. The van der Waals surface area contributed by atoms with Crippen LogP contribution in [0.15, 0.2) is 77.7 Å². The zero-order valence-electron chi connectivity index (χ0n) is 19.4. The number of benzene rings is 3. The molecule has 0 unspecified atom stereocenters. The molecule has 178 valence electrons. The van der Waals surface area contributed by atoms with E-state index < -0.39 is 21.7 Å². The Kier molecular flexibility index (Phi) is 7.26. The number of hydrogen-bond acceptors (Lipinski definition) is 5. The number of anilines is 3. The van der Waals surface area contributed by atoms with Gasteiger partial charge >= 0.3 is 6.09 Å². The Labute approximate surface area is 199 Å². The molecular formula is C25H27N3O5S. The molecule has 8 nitrogen and oxygen atoms in total. The summed E-state index contributed by atoms with van der Waals surface area (Å²) in [5, 5.41) is 5.36. The van der Waals surface area contributed by atoms with Crippen LogP contribution < -0.4 is 15.4 Å². The lowest BCUT2D eigenvalue weighted by Crippen LogP contribution is -2.27. The molecular weight excluding hydrogens is 454 g/mol. The third-order valence-corrected chi connectivity index (χ3v) is 5.97. The molecule has 0 bridgehead atoms. The molecule has 0 spiro atoms. The first kappa shape index (κ1) is 24.8. The number of nitrogens with one attached hydrogen (secondary N) is 3. The van der Waals surface area contributed by atoms with E-state index in [1.807, 2.05) is 0 Å². The van der Waals surface area contributed by atoms with Gasteiger partial charge in [-0.15, -0.1) is 0 Å². The molecule has 34 heavy (non-hydrogen) atoms. The summed E-state index contributed by atoms with van der Waals surface area (Å²) in [4.78, 5) is 24.7. The summed E-state index contributed by atoms with van der Waals surface area (Å²) in [6.07, 6.45) is -0.588. The lowest BCUT2D eigenvalue weighted by Gasteiger charge is -2.19. The standard InChI is InChI=1S/C25H27N3O5S/c1-17-10-13-20(16-22(17)28-34(31,32)21-8-6-5-7-9-21)26-23(29)18-11-14-19(15-12-18)27-24(30)33-25(2,3)4/h5-16,28H,1-4H3,(H,26,29)(H,27,30). The Morgan fingerprint density at radius 1 is 0.824 bits per heavy atom. The summed E-state index contributed by atoms with van der Waals surface area (Å²) in [5.41, 5.74) is 1.72. The normalized spacial score (nSPS) is 11.4. The van der Waals surface area contributed by atoms with Crippen molar-refractivity contribution in [3.05, 3.63) is 83.9 Å². The Morgan fingerprint density at radius 2 is 1.44 bits per heavy atom. The summed E-state index contributed by atoms with van der Waals surface area (Å²) in [6.45, 7) is 7.07. The highest BCUT2D eigenvalue weighted by molar-refractivity contribution is 7.92. The SMILES string of the molecule is Cc1ccc(NC(=O)c2ccc(NC(=O)OC(C)(C)C)cc2)cc1NS(=O)(=O)c1ccccc1. The average molecular weight is 482 g/mol. The van der Waals surface area contributed by atoms with Crippen molar-refractivity contribution in [2.75, 3.05) is 15.4 Å². The van der Waals surface area contributed by atoms with E-state index in [0.717, 1.165) is 0 Å². The van der Waals surface area contributed by atoms with Gasteiger partial charge in [-0.2, -0.15) is 0 Å². The van der Waals surface area contributed by atoms with Crippen LogP contribution in [-0.2, 0) is 14.8 Å². The van der Waals surface area contributed by atoms with E-state index in [1.165, 1.54) is 12.1 Å². The number of carbonyl (C=O) groups excluding carboxylic acids is 2. The zero-order valence-corrected chi connectivity index (χ0v) is 20.2. The molecule has 0 saturated carbocycles.